The minimum Gasteiger partial charge on any atom is -0.478 e. The summed E-state index contributed by atoms with van der Waals surface area (Å²) in [6.07, 6.45) is 4.34. The van der Waals surface area contributed by atoms with Crippen LogP contribution in [0.4, 0.5) is 0 Å². The molecule has 2 aromatic rings. The Labute approximate surface area is 123 Å². The van der Waals surface area contributed by atoms with Crippen molar-refractivity contribution in [3.63, 3.8) is 0 Å². The summed E-state index contributed by atoms with van der Waals surface area (Å²) in [7, 11) is 0. The van der Waals surface area contributed by atoms with Crippen molar-refractivity contribution in [3.05, 3.63) is 29.8 Å². The molecule has 0 amide bonds. The monoisotopic (exact) mass is 295 g/mol. The molecule has 0 heterocycles. The van der Waals surface area contributed by atoms with Crippen LogP contribution < -0.4 is 14.2 Å². The fraction of sp³-hybridized carbons (Fsp3) is 0. The Morgan fingerprint density at radius 2 is 1.55 bits per heavy atom. The second-order valence-corrected chi connectivity index (χ2v) is 3.84. The summed E-state index contributed by atoms with van der Waals surface area (Å²) >= 11 is 0. The Hall–Kier alpha value is -3.96. The van der Waals surface area contributed by atoms with Crippen molar-refractivity contribution in [2.75, 3.05) is 0 Å². The van der Waals surface area contributed by atoms with Crippen LogP contribution in [0.5, 0.6) is 17.2 Å². The minimum atomic E-state index is -1.33. The maximum Gasteiger partial charge on any atom is 0.336 e. The normalized spacial score (nSPS) is 9.14. The van der Waals surface area contributed by atoms with E-state index >= 15 is 0 Å². The summed E-state index contributed by atoms with van der Waals surface area (Å²) in [4.78, 5) is 11.4. The number of carbonyl (C=O) groups is 1. The zero-order valence-electron chi connectivity index (χ0n) is 10.7. The summed E-state index contributed by atoms with van der Waals surface area (Å²) in [6.45, 7) is 0. The second-order valence-electron chi connectivity index (χ2n) is 3.84. The lowest BCUT2D eigenvalue weighted by molar-refractivity contribution is 0.0698. The van der Waals surface area contributed by atoms with E-state index in [0.717, 1.165) is 6.07 Å². The summed E-state index contributed by atoms with van der Waals surface area (Å²) in [5, 5.41) is 35.4. The third kappa shape index (κ3) is 2.51. The van der Waals surface area contributed by atoms with E-state index in [9.17, 15) is 9.90 Å². The fourth-order valence-corrected chi connectivity index (χ4v) is 1.95. The molecule has 22 heavy (non-hydrogen) atoms. The molecule has 0 unspecified atom stereocenters. The van der Waals surface area contributed by atoms with Crippen LogP contribution >= 0.6 is 0 Å². The number of nitriles is 3. The van der Waals surface area contributed by atoms with Gasteiger partial charge in [-0.15, -0.1) is 15.8 Å². The van der Waals surface area contributed by atoms with E-state index in [1.54, 1.807) is 0 Å². The van der Waals surface area contributed by atoms with Gasteiger partial charge in [0.05, 0.1) is 5.56 Å². The van der Waals surface area contributed by atoms with Gasteiger partial charge in [-0.3, -0.25) is 0 Å². The third-order valence-corrected chi connectivity index (χ3v) is 2.71. The maximum atomic E-state index is 11.4. The molecule has 0 aliphatic rings. The molecule has 0 spiro atoms. The lowest BCUT2D eigenvalue weighted by Gasteiger charge is -2.10. The number of ether oxygens (including phenoxy) is 3. The van der Waals surface area contributed by atoms with Crippen LogP contribution in [0.3, 0.4) is 0 Å². The van der Waals surface area contributed by atoms with E-state index < -0.39 is 5.97 Å². The van der Waals surface area contributed by atoms with Gasteiger partial charge in [-0.25, -0.2) is 4.79 Å². The standard InChI is InChI=1S/C14H5N3O5/c15-5-20-8-3-9-11(21-6-16)1-2-12(22-7-17)13(9)10(4-8)14(18)19/h1-4H,(H,18,19). The van der Waals surface area contributed by atoms with Gasteiger partial charge < -0.3 is 19.3 Å². The van der Waals surface area contributed by atoms with Gasteiger partial charge >= 0.3 is 5.97 Å². The third-order valence-electron chi connectivity index (χ3n) is 2.71. The van der Waals surface area contributed by atoms with Crippen molar-refractivity contribution < 1.29 is 24.1 Å². The van der Waals surface area contributed by atoms with Crippen LogP contribution in [-0.2, 0) is 0 Å². The summed E-state index contributed by atoms with van der Waals surface area (Å²) < 4.78 is 14.1. The van der Waals surface area contributed by atoms with E-state index in [0.29, 0.717) is 0 Å². The molecule has 0 saturated carbocycles. The van der Waals surface area contributed by atoms with Crippen LogP contribution in [0, 0.1) is 34.6 Å². The first-order chi connectivity index (χ1) is 10.6. The zero-order valence-corrected chi connectivity index (χ0v) is 10.7. The molecule has 1 N–H and O–H groups in total. The van der Waals surface area contributed by atoms with Crippen molar-refractivity contribution in [1.29, 1.82) is 15.8 Å². The number of carboxylic acid groups (broad SMARTS) is 1. The highest BCUT2D eigenvalue weighted by molar-refractivity contribution is 6.09. The van der Waals surface area contributed by atoms with Crippen molar-refractivity contribution in [1.82, 2.24) is 0 Å². The second kappa shape index (κ2) is 6.00. The lowest BCUT2D eigenvalue weighted by Crippen LogP contribution is -2.01. The van der Waals surface area contributed by atoms with Crippen LogP contribution in [-0.4, -0.2) is 11.1 Å². The molecule has 8 heteroatoms. The molecule has 0 radical (unpaired) electrons. The van der Waals surface area contributed by atoms with E-state index in [1.165, 1.54) is 37.0 Å². The average Bonchev–Trinajstić information content (AvgIpc) is 2.49. The van der Waals surface area contributed by atoms with Crippen molar-refractivity contribution in [2.45, 2.75) is 0 Å². The summed E-state index contributed by atoms with van der Waals surface area (Å²) in [5.41, 5.74) is -0.267. The first-order valence-electron chi connectivity index (χ1n) is 5.64. The van der Waals surface area contributed by atoms with Gasteiger partial charge in [0, 0.05) is 10.8 Å². The minimum absolute atomic E-state index is 0.0244. The van der Waals surface area contributed by atoms with Crippen molar-refractivity contribution in [2.24, 2.45) is 0 Å². The number of carboxylic acids is 1. The molecule has 0 fully saturated rings. The first kappa shape index (κ1) is 14.4. The Morgan fingerprint density at radius 3 is 2.14 bits per heavy atom. The molecule has 0 aromatic heterocycles. The fourth-order valence-electron chi connectivity index (χ4n) is 1.95. The highest BCUT2D eigenvalue weighted by Crippen LogP contribution is 2.38. The van der Waals surface area contributed by atoms with Gasteiger partial charge in [0.1, 0.15) is 5.75 Å². The van der Waals surface area contributed by atoms with Gasteiger partial charge in [-0.2, -0.15) is 0 Å². The molecule has 8 nitrogen and oxygen atoms in total. The molecule has 0 bridgehead atoms. The molecule has 0 aliphatic heterocycles. The molecule has 2 aromatic carbocycles. The Balaban J connectivity index is 2.91. The van der Waals surface area contributed by atoms with Gasteiger partial charge in [-0.1, -0.05) is 0 Å². The topological polar surface area (TPSA) is 136 Å². The average molecular weight is 295 g/mol. The molecular formula is C14H5N3O5. The summed E-state index contributed by atoms with van der Waals surface area (Å²) in [6, 6.07) is 5.05. The quantitative estimate of drug-likeness (QED) is 0.846. The number of rotatable bonds is 4. The number of nitrogens with zero attached hydrogens (tertiary/aromatic N) is 3. The molecule has 2 rings (SSSR count). The number of aromatic carboxylic acids is 1. The Bertz CT molecular complexity index is 886. The number of hydrogen-bond donors (Lipinski definition) is 1. The van der Waals surface area contributed by atoms with Gasteiger partial charge in [-0.05, 0) is 24.3 Å². The SMILES string of the molecule is N#COc1cc(C(=O)O)c2c(OC#N)ccc(OC#N)c2c1. The van der Waals surface area contributed by atoms with E-state index in [1.807, 2.05) is 0 Å². The van der Waals surface area contributed by atoms with Crippen LogP contribution in [0.25, 0.3) is 10.8 Å². The van der Waals surface area contributed by atoms with Crippen LogP contribution in [0.1, 0.15) is 10.4 Å². The number of benzene rings is 2. The molecule has 0 aliphatic carbocycles. The van der Waals surface area contributed by atoms with E-state index in [-0.39, 0.29) is 33.6 Å². The van der Waals surface area contributed by atoms with E-state index in [4.69, 9.17) is 25.3 Å². The smallest absolute Gasteiger partial charge is 0.336 e. The van der Waals surface area contributed by atoms with Gasteiger partial charge in [0.2, 0.25) is 0 Å². The highest BCUT2D eigenvalue weighted by Gasteiger charge is 2.19. The highest BCUT2D eigenvalue weighted by atomic mass is 16.5. The van der Waals surface area contributed by atoms with Crippen molar-refractivity contribution in [3.8, 4) is 36.0 Å². The Kier molecular flexibility index (Phi) is 3.94. The molecular weight excluding hydrogens is 290 g/mol. The van der Waals surface area contributed by atoms with E-state index in [2.05, 4.69) is 4.74 Å². The maximum absolute atomic E-state index is 11.4. The largest absolute Gasteiger partial charge is 0.478 e. The van der Waals surface area contributed by atoms with Crippen LogP contribution in [0.15, 0.2) is 24.3 Å². The van der Waals surface area contributed by atoms with Crippen LogP contribution in [0.2, 0.25) is 0 Å². The Morgan fingerprint density at radius 1 is 0.955 bits per heavy atom. The predicted molar refractivity (Wildman–Crippen MR) is 69.6 cm³/mol. The molecule has 106 valence electrons. The zero-order chi connectivity index (χ0) is 16.1. The predicted octanol–water partition coefficient (Wildman–Crippen LogP) is 2.12. The lowest BCUT2D eigenvalue weighted by atomic mass is 10.0. The number of hydrogen-bond acceptors (Lipinski definition) is 7. The van der Waals surface area contributed by atoms with Crippen molar-refractivity contribution >= 4 is 16.7 Å². The summed E-state index contributed by atoms with van der Waals surface area (Å²) in [5.74, 6) is -1.37. The van der Waals surface area contributed by atoms with Gasteiger partial charge in [0.15, 0.2) is 11.5 Å². The molecule has 0 saturated heterocycles. The molecule has 0 atom stereocenters. The van der Waals surface area contributed by atoms with Gasteiger partial charge in [0.25, 0.3) is 18.8 Å². The number of fused-ring (bicyclic) bond motifs is 1. The first-order valence-corrected chi connectivity index (χ1v) is 5.64.